The molecule has 0 bridgehead atoms. The highest BCUT2D eigenvalue weighted by atomic mass is 35.5. The molecular weight excluding hydrogens is 810 g/mol. The third kappa shape index (κ3) is 8.58. The van der Waals surface area contributed by atoms with Crippen LogP contribution in [0.5, 0.6) is 5.88 Å². The van der Waals surface area contributed by atoms with Gasteiger partial charge in [-0.1, -0.05) is 35.3 Å². The van der Waals surface area contributed by atoms with Gasteiger partial charge < -0.3 is 28.8 Å². The van der Waals surface area contributed by atoms with Crippen LogP contribution in [0.4, 0.5) is 9.18 Å². The summed E-state index contributed by atoms with van der Waals surface area (Å²) in [4.78, 5) is 61.9. The van der Waals surface area contributed by atoms with E-state index in [4.69, 9.17) is 37.7 Å². The zero-order valence-electron chi connectivity index (χ0n) is 34.2. The summed E-state index contributed by atoms with van der Waals surface area (Å²) in [6.07, 6.45) is 5.38. The largest absolute Gasteiger partial charge is 0.482 e. The van der Waals surface area contributed by atoms with Gasteiger partial charge in [0.1, 0.15) is 16.8 Å². The fraction of sp³-hybridized carbons (Fsp3) is 0.422. The number of likely N-dealkylation sites (tertiary alicyclic amines) is 2. The number of Topliss-reactive ketones (excluding diaryl/α,β-unsaturated/α-hetero) is 1. The number of carbonyl (C=O) groups is 3. The molecule has 2 atom stereocenters. The Morgan fingerprint density at radius 1 is 1.05 bits per heavy atom. The third-order valence-corrected chi connectivity index (χ3v) is 12.0. The molecule has 12 nitrogen and oxygen atoms in total. The number of ketones is 1. The first-order valence-electron chi connectivity index (χ1n) is 20.1. The lowest BCUT2D eigenvalue weighted by atomic mass is 9.93. The van der Waals surface area contributed by atoms with Crippen molar-refractivity contribution in [1.82, 2.24) is 24.3 Å². The SMILES string of the molecule is CC(=O)c1nc2c(F)c(-c3cccc(Cl)c3Cl)c(CCC#N)cc2c2c1cc(C1CCCN1C(=O)C1CC1)n2C1CCN(C(=O)OC(C)(C)C)C1.COc1cc(=O)cc[nH]1. The first-order valence-corrected chi connectivity index (χ1v) is 20.9. The minimum atomic E-state index is -0.673. The van der Waals surface area contributed by atoms with Gasteiger partial charge in [-0.05, 0) is 83.1 Å². The van der Waals surface area contributed by atoms with E-state index >= 15 is 4.39 Å². The highest BCUT2D eigenvalue weighted by molar-refractivity contribution is 6.43. The maximum atomic E-state index is 17.2. The monoisotopic (exact) mass is 856 g/mol. The molecule has 1 aliphatic carbocycles. The predicted octanol–water partition coefficient (Wildman–Crippen LogP) is 9.60. The number of aromatic amines is 1. The van der Waals surface area contributed by atoms with E-state index in [1.54, 1.807) is 29.3 Å². The lowest BCUT2D eigenvalue weighted by molar-refractivity contribution is -0.133. The molecule has 0 radical (unpaired) electrons. The quantitative estimate of drug-likeness (QED) is 0.152. The molecule has 5 heterocycles. The Morgan fingerprint density at radius 2 is 1.82 bits per heavy atom. The minimum Gasteiger partial charge on any atom is -0.482 e. The van der Waals surface area contributed by atoms with Crippen LogP contribution in [0.15, 0.2) is 53.5 Å². The van der Waals surface area contributed by atoms with E-state index in [0.29, 0.717) is 59.4 Å². The van der Waals surface area contributed by atoms with Crippen LogP contribution in [0.1, 0.15) is 100 Å². The van der Waals surface area contributed by atoms with Gasteiger partial charge in [-0.15, -0.1) is 0 Å². The van der Waals surface area contributed by atoms with E-state index in [-0.39, 0.29) is 74.8 Å². The second-order valence-corrected chi connectivity index (χ2v) is 17.3. The molecule has 3 fully saturated rings. The van der Waals surface area contributed by atoms with Gasteiger partial charge in [0.2, 0.25) is 5.91 Å². The topological polar surface area (TPSA) is 151 Å². The Labute approximate surface area is 357 Å². The molecule has 3 aromatic heterocycles. The first-order chi connectivity index (χ1) is 28.6. The van der Waals surface area contributed by atoms with Crippen LogP contribution >= 0.6 is 23.2 Å². The van der Waals surface area contributed by atoms with Crippen LogP contribution < -0.4 is 10.2 Å². The Kier molecular flexibility index (Phi) is 12.3. The summed E-state index contributed by atoms with van der Waals surface area (Å²) in [5, 5.41) is 11.0. The molecule has 0 spiro atoms. The van der Waals surface area contributed by atoms with Crippen molar-refractivity contribution in [3.8, 4) is 23.1 Å². The molecule has 8 rings (SSSR count). The molecule has 2 aliphatic heterocycles. The minimum absolute atomic E-state index is 0.00956. The standard InChI is InChI=1S/C39H40Cl2FN5O4.C6H7NO2/c1-21(48)34-27-19-30(29-11-7-16-46(29)37(49)22-12-13-22)47(24-14-17-45(20-24)38(50)51-39(2,3)4)36(27)26-18-23(8-6-15-43)31(33(42)35(26)44-34)25-9-5-10-28(40)32(25)41;1-9-6-4-5(8)2-3-7-6/h5,9-10,18-19,22,24,29H,6-8,11-14,16-17,20H2,1-4H3;2-4H,1H3,(H,7,8). The van der Waals surface area contributed by atoms with Crippen molar-refractivity contribution >= 4 is 62.8 Å². The van der Waals surface area contributed by atoms with Gasteiger partial charge in [-0.25, -0.2) is 14.2 Å². The number of aromatic nitrogens is 3. The van der Waals surface area contributed by atoms with E-state index in [1.165, 1.54) is 26.2 Å². The van der Waals surface area contributed by atoms with Crippen LogP contribution in [0.3, 0.4) is 0 Å². The van der Waals surface area contributed by atoms with Crippen molar-refractivity contribution in [3.05, 3.63) is 91.7 Å². The lowest BCUT2D eigenvalue weighted by Crippen LogP contribution is -2.36. The van der Waals surface area contributed by atoms with Crippen LogP contribution in [0, 0.1) is 23.1 Å². The number of nitrogens with zero attached hydrogens (tertiary/aromatic N) is 5. The van der Waals surface area contributed by atoms with Gasteiger partial charge in [-0.2, -0.15) is 5.26 Å². The Bertz CT molecular complexity index is 2610. The zero-order valence-corrected chi connectivity index (χ0v) is 35.8. The number of fused-ring (bicyclic) bond motifs is 3. The number of nitriles is 1. The lowest BCUT2D eigenvalue weighted by Gasteiger charge is -2.29. The summed E-state index contributed by atoms with van der Waals surface area (Å²) < 4.78 is 29.8. The molecule has 2 saturated heterocycles. The maximum Gasteiger partial charge on any atom is 0.410 e. The zero-order chi connectivity index (χ0) is 43.0. The summed E-state index contributed by atoms with van der Waals surface area (Å²) in [6, 6.07) is 13.3. The molecular formula is C45H47Cl2FN6O6. The number of benzene rings is 2. The van der Waals surface area contributed by atoms with Crippen LogP contribution in [0.25, 0.3) is 32.9 Å². The smallest absolute Gasteiger partial charge is 0.410 e. The van der Waals surface area contributed by atoms with E-state index in [1.807, 2.05) is 37.8 Å². The van der Waals surface area contributed by atoms with Gasteiger partial charge >= 0.3 is 6.09 Å². The van der Waals surface area contributed by atoms with Crippen LogP contribution in [-0.4, -0.2) is 74.5 Å². The highest BCUT2D eigenvalue weighted by Gasteiger charge is 2.42. The fourth-order valence-electron chi connectivity index (χ4n) is 8.34. The first kappa shape index (κ1) is 42.7. The molecule has 3 aliphatic rings. The number of pyridine rings is 2. The van der Waals surface area contributed by atoms with Gasteiger partial charge in [0.15, 0.2) is 22.9 Å². The summed E-state index contributed by atoms with van der Waals surface area (Å²) >= 11 is 13.0. The average Bonchev–Trinajstić information content (AvgIpc) is 3.54. The van der Waals surface area contributed by atoms with E-state index in [2.05, 4.69) is 15.6 Å². The van der Waals surface area contributed by atoms with Crippen molar-refractivity contribution in [3.63, 3.8) is 0 Å². The van der Waals surface area contributed by atoms with Crippen molar-refractivity contribution < 1.29 is 28.2 Å². The Morgan fingerprint density at radius 3 is 2.47 bits per heavy atom. The van der Waals surface area contributed by atoms with E-state index in [0.717, 1.165) is 31.4 Å². The fourth-order valence-corrected chi connectivity index (χ4v) is 8.73. The number of amides is 2. The van der Waals surface area contributed by atoms with Gasteiger partial charge in [0.25, 0.3) is 0 Å². The number of hydrogen-bond donors (Lipinski definition) is 1. The number of H-pyrrole nitrogens is 1. The Balaban J connectivity index is 0.000000537. The number of hydrogen-bond acceptors (Lipinski definition) is 8. The number of halogens is 3. The van der Waals surface area contributed by atoms with Crippen molar-refractivity contribution in [2.75, 3.05) is 26.7 Å². The molecule has 60 heavy (non-hydrogen) atoms. The molecule has 2 unspecified atom stereocenters. The maximum absolute atomic E-state index is 17.2. The van der Waals surface area contributed by atoms with E-state index in [9.17, 15) is 24.4 Å². The number of carbonyl (C=O) groups excluding carboxylic acids is 3. The van der Waals surface area contributed by atoms with Crippen molar-refractivity contribution in [2.45, 2.75) is 90.3 Å². The van der Waals surface area contributed by atoms with Crippen molar-refractivity contribution in [2.24, 2.45) is 5.92 Å². The van der Waals surface area contributed by atoms with E-state index < -0.39 is 17.5 Å². The van der Waals surface area contributed by atoms with Gasteiger partial charge in [0, 0.05) is 84.8 Å². The molecule has 2 aromatic carbocycles. The number of methoxy groups -OCH3 is 1. The number of rotatable bonds is 8. The molecule has 314 valence electrons. The molecule has 1 N–H and O–H groups in total. The summed E-state index contributed by atoms with van der Waals surface area (Å²) in [6.45, 7) is 8.29. The third-order valence-electron chi connectivity index (χ3n) is 11.1. The predicted molar refractivity (Wildman–Crippen MR) is 228 cm³/mol. The van der Waals surface area contributed by atoms with Crippen molar-refractivity contribution in [1.29, 1.82) is 5.26 Å². The number of nitrogens with one attached hydrogen (secondary N) is 1. The molecule has 1 saturated carbocycles. The van der Waals surface area contributed by atoms with Gasteiger partial charge in [-0.3, -0.25) is 14.4 Å². The van der Waals surface area contributed by atoms with Gasteiger partial charge in [0.05, 0.1) is 40.8 Å². The normalized spacial score (nSPS) is 17.7. The molecule has 2 amide bonds. The molecule has 15 heteroatoms. The second-order valence-electron chi connectivity index (χ2n) is 16.5. The number of ether oxygens (including phenoxy) is 2. The molecule has 5 aromatic rings. The van der Waals surface area contributed by atoms with Crippen LogP contribution in [0.2, 0.25) is 10.0 Å². The summed E-state index contributed by atoms with van der Waals surface area (Å²) in [7, 11) is 1.51. The average molecular weight is 858 g/mol. The van der Waals surface area contributed by atoms with Crippen LogP contribution in [-0.2, 0) is 16.0 Å². The summed E-state index contributed by atoms with van der Waals surface area (Å²) in [5.74, 6) is -0.348. The highest BCUT2D eigenvalue weighted by Crippen LogP contribution is 2.46. The number of aryl methyl sites for hydroxylation is 1. The second kappa shape index (κ2) is 17.3. The summed E-state index contributed by atoms with van der Waals surface area (Å²) in [5.41, 5.74) is 1.93. The Hall–Kier alpha value is -5.45.